The van der Waals surface area contributed by atoms with Crippen molar-refractivity contribution in [3.8, 4) is 0 Å². The Hall–Kier alpha value is -0.450. The summed E-state index contributed by atoms with van der Waals surface area (Å²) in [6.07, 6.45) is 0. The molecule has 0 radical (unpaired) electrons. The van der Waals surface area contributed by atoms with Crippen LogP contribution < -0.4 is 5.48 Å². The molecule has 1 aromatic rings. The van der Waals surface area contributed by atoms with Gasteiger partial charge >= 0.3 is 0 Å². The molecular formula is C8H9BrFNO. The molecule has 0 bridgehead atoms. The monoisotopic (exact) mass is 233 g/mol. The molecule has 12 heavy (non-hydrogen) atoms. The number of benzene rings is 1. The van der Waals surface area contributed by atoms with E-state index in [2.05, 4.69) is 15.9 Å². The van der Waals surface area contributed by atoms with Gasteiger partial charge in [-0.3, -0.25) is 0 Å². The number of aryl methyl sites for hydroxylation is 1. The molecule has 0 fully saturated rings. The predicted octanol–water partition coefficient (Wildman–Crippen LogP) is 2.38. The zero-order chi connectivity index (χ0) is 9.14. The summed E-state index contributed by atoms with van der Waals surface area (Å²) in [5, 5.41) is 8.39. The van der Waals surface area contributed by atoms with Crippen LogP contribution in [0.3, 0.4) is 0 Å². The average molecular weight is 234 g/mol. The molecule has 4 heteroatoms. The molecule has 0 unspecified atom stereocenters. The molecule has 66 valence electrons. The average Bonchev–Trinajstić information content (AvgIpc) is 2.00. The standard InChI is InChI=1S/C8H9BrFNO/c1-5-2-7(9)3-6(4-11-12)8(5)10/h2-3,11-12H,4H2,1H3. The molecule has 0 amide bonds. The fourth-order valence-corrected chi connectivity index (χ4v) is 1.63. The Morgan fingerprint density at radius 2 is 2.25 bits per heavy atom. The molecule has 1 rings (SSSR count). The smallest absolute Gasteiger partial charge is 0.130 e. The lowest BCUT2D eigenvalue weighted by Crippen LogP contribution is -2.08. The second kappa shape index (κ2) is 3.98. The van der Waals surface area contributed by atoms with Crippen LogP contribution in [0.1, 0.15) is 11.1 Å². The van der Waals surface area contributed by atoms with Crippen molar-refractivity contribution in [1.82, 2.24) is 5.48 Å². The first kappa shape index (κ1) is 9.64. The van der Waals surface area contributed by atoms with Crippen LogP contribution in [-0.2, 0) is 6.54 Å². The quantitative estimate of drug-likeness (QED) is 0.770. The van der Waals surface area contributed by atoms with E-state index >= 15 is 0 Å². The van der Waals surface area contributed by atoms with Crippen LogP contribution in [0.5, 0.6) is 0 Å². The van der Waals surface area contributed by atoms with E-state index in [0.717, 1.165) is 4.47 Å². The highest BCUT2D eigenvalue weighted by atomic mass is 79.9. The molecule has 0 heterocycles. The van der Waals surface area contributed by atoms with Crippen LogP contribution in [0.4, 0.5) is 4.39 Å². The van der Waals surface area contributed by atoms with Gasteiger partial charge in [-0.25, -0.2) is 9.87 Å². The fraction of sp³-hybridized carbons (Fsp3) is 0.250. The Balaban J connectivity index is 3.09. The Kier molecular flexibility index (Phi) is 3.20. The number of halogens is 2. The van der Waals surface area contributed by atoms with Crippen molar-refractivity contribution in [2.24, 2.45) is 0 Å². The summed E-state index contributed by atoms with van der Waals surface area (Å²) >= 11 is 3.24. The third kappa shape index (κ3) is 2.03. The lowest BCUT2D eigenvalue weighted by Gasteiger charge is -2.04. The van der Waals surface area contributed by atoms with Gasteiger partial charge in [0.2, 0.25) is 0 Å². The van der Waals surface area contributed by atoms with E-state index in [1.165, 1.54) is 0 Å². The fourth-order valence-electron chi connectivity index (χ4n) is 1.01. The van der Waals surface area contributed by atoms with Crippen molar-refractivity contribution < 1.29 is 9.60 Å². The second-order valence-electron chi connectivity index (χ2n) is 2.53. The van der Waals surface area contributed by atoms with Crippen LogP contribution in [-0.4, -0.2) is 5.21 Å². The summed E-state index contributed by atoms with van der Waals surface area (Å²) in [4.78, 5) is 0. The molecule has 0 aliphatic rings. The van der Waals surface area contributed by atoms with Gasteiger partial charge in [0.05, 0.1) is 0 Å². The van der Waals surface area contributed by atoms with Gasteiger partial charge in [-0.1, -0.05) is 15.9 Å². The second-order valence-corrected chi connectivity index (χ2v) is 3.45. The van der Waals surface area contributed by atoms with Crippen LogP contribution in [0.25, 0.3) is 0 Å². The van der Waals surface area contributed by atoms with Crippen LogP contribution >= 0.6 is 15.9 Å². The topological polar surface area (TPSA) is 32.3 Å². The maximum absolute atomic E-state index is 13.2. The number of rotatable bonds is 2. The van der Waals surface area contributed by atoms with Gasteiger partial charge in [0, 0.05) is 16.6 Å². The highest BCUT2D eigenvalue weighted by Crippen LogP contribution is 2.19. The minimum Gasteiger partial charge on any atom is -0.316 e. The van der Waals surface area contributed by atoms with E-state index in [9.17, 15) is 4.39 Å². The van der Waals surface area contributed by atoms with E-state index in [4.69, 9.17) is 5.21 Å². The maximum Gasteiger partial charge on any atom is 0.130 e. The van der Waals surface area contributed by atoms with Crippen molar-refractivity contribution >= 4 is 15.9 Å². The lowest BCUT2D eigenvalue weighted by molar-refractivity contribution is 0.160. The summed E-state index contributed by atoms with van der Waals surface area (Å²) in [5.74, 6) is -0.278. The largest absolute Gasteiger partial charge is 0.316 e. The normalized spacial score (nSPS) is 10.3. The third-order valence-electron chi connectivity index (χ3n) is 1.56. The third-order valence-corrected chi connectivity index (χ3v) is 2.02. The minimum absolute atomic E-state index is 0.117. The SMILES string of the molecule is Cc1cc(Br)cc(CNO)c1F. The van der Waals surface area contributed by atoms with Gasteiger partial charge in [-0.15, -0.1) is 0 Å². The van der Waals surface area contributed by atoms with Gasteiger partial charge < -0.3 is 5.21 Å². The molecule has 2 N–H and O–H groups in total. The molecular weight excluding hydrogens is 225 g/mol. The predicted molar refractivity (Wildman–Crippen MR) is 47.5 cm³/mol. The summed E-state index contributed by atoms with van der Waals surface area (Å²) in [6.45, 7) is 1.80. The molecule has 1 aromatic carbocycles. The molecule has 0 atom stereocenters. The van der Waals surface area contributed by atoms with E-state index in [1.807, 2.05) is 5.48 Å². The van der Waals surface area contributed by atoms with Gasteiger partial charge in [-0.2, -0.15) is 0 Å². The maximum atomic E-state index is 13.2. The summed E-state index contributed by atoms with van der Waals surface area (Å²) in [5.41, 5.74) is 2.93. The Labute approximate surface area is 78.5 Å². The minimum atomic E-state index is -0.278. The molecule has 2 nitrogen and oxygen atoms in total. The van der Waals surface area contributed by atoms with Crippen LogP contribution in [0.15, 0.2) is 16.6 Å². The van der Waals surface area contributed by atoms with Gasteiger partial charge in [0.1, 0.15) is 5.82 Å². The van der Waals surface area contributed by atoms with Gasteiger partial charge in [0.25, 0.3) is 0 Å². The zero-order valence-electron chi connectivity index (χ0n) is 6.56. The zero-order valence-corrected chi connectivity index (χ0v) is 8.15. The number of nitrogens with one attached hydrogen (secondary N) is 1. The highest BCUT2D eigenvalue weighted by Gasteiger charge is 2.05. The van der Waals surface area contributed by atoms with Gasteiger partial charge in [-0.05, 0) is 24.6 Å². The summed E-state index contributed by atoms with van der Waals surface area (Å²) in [7, 11) is 0. The van der Waals surface area contributed by atoms with E-state index in [-0.39, 0.29) is 12.4 Å². The number of hydrogen-bond acceptors (Lipinski definition) is 2. The van der Waals surface area contributed by atoms with Crippen molar-refractivity contribution in [1.29, 1.82) is 0 Å². The van der Waals surface area contributed by atoms with Gasteiger partial charge in [0.15, 0.2) is 0 Å². The van der Waals surface area contributed by atoms with Crippen LogP contribution in [0, 0.1) is 12.7 Å². The molecule has 0 spiro atoms. The molecule has 0 aliphatic heterocycles. The van der Waals surface area contributed by atoms with E-state index < -0.39 is 0 Å². The van der Waals surface area contributed by atoms with Crippen molar-refractivity contribution in [2.75, 3.05) is 0 Å². The molecule has 0 aliphatic carbocycles. The first-order valence-electron chi connectivity index (χ1n) is 3.46. The highest BCUT2D eigenvalue weighted by molar-refractivity contribution is 9.10. The number of hydrogen-bond donors (Lipinski definition) is 2. The first-order valence-corrected chi connectivity index (χ1v) is 4.26. The van der Waals surface area contributed by atoms with E-state index in [1.54, 1.807) is 19.1 Å². The number of hydroxylamine groups is 1. The molecule has 0 saturated heterocycles. The van der Waals surface area contributed by atoms with E-state index in [0.29, 0.717) is 11.1 Å². The first-order chi connectivity index (χ1) is 5.65. The van der Waals surface area contributed by atoms with Crippen molar-refractivity contribution in [3.05, 3.63) is 33.5 Å². The summed E-state index contributed by atoms with van der Waals surface area (Å²) < 4.78 is 14.0. The lowest BCUT2D eigenvalue weighted by atomic mass is 10.1. The summed E-state index contributed by atoms with van der Waals surface area (Å²) in [6, 6.07) is 3.32. The Bertz CT molecular complexity index is 291. The molecule has 0 saturated carbocycles. The Morgan fingerprint density at radius 3 is 2.83 bits per heavy atom. The Morgan fingerprint density at radius 1 is 1.58 bits per heavy atom. The molecule has 0 aromatic heterocycles. The van der Waals surface area contributed by atoms with Crippen molar-refractivity contribution in [3.63, 3.8) is 0 Å². The van der Waals surface area contributed by atoms with Crippen LogP contribution in [0.2, 0.25) is 0 Å². The van der Waals surface area contributed by atoms with Crippen molar-refractivity contribution in [2.45, 2.75) is 13.5 Å².